The van der Waals surface area contributed by atoms with Crippen molar-refractivity contribution in [1.82, 2.24) is 20.1 Å². The first-order valence-corrected chi connectivity index (χ1v) is 9.90. The van der Waals surface area contributed by atoms with Crippen molar-refractivity contribution in [3.05, 3.63) is 30.1 Å². The first-order valence-electron chi connectivity index (χ1n) is 9.90. The highest BCUT2D eigenvalue weighted by molar-refractivity contribution is 5.92. The van der Waals surface area contributed by atoms with Gasteiger partial charge in [0.15, 0.2) is 0 Å². The molecule has 1 atom stereocenters. The largest absolute Gasteiger partial charge is 0.383 e. The molecule has 1 aromatic rings. The van der Waals surface area contributed by atoms with E-state index < -0.39 is 0 Å². The number of nitrogens with one attached hydrogen (secondary N) is 1. The predicted molar refractivity (Wildman–Crippen MR) is 102 cm³/mol. The van der Waals surface area contributed by atoms with Gasteiger partial charge in [0.05, 0.1) is 12.5 Å². The monoisotopic (exact) mass is 374 g/mol. The van der Waals surface area contributed by atoms with E-state index in [-0.39, 0.29) is 17.7 Å². The number of aromatic nitrogens is 1. The quantitative estimate of drug-likeness (QED) is 0.757. The molecular weight excluding hydrogens is 344 g/mol. The SMILES string of the molecule is COCCNC(=O)[C@H]1CCCN(C2CCN(C(=O)c3ccccn3)CC2)C1. The molecule has 7 nitrogen and oxygen atoms in total. The van der Waals surface area contributed by atoms with Crippen LogP contribution in [-0.4, -0.2) is 79.1 Å². The summed E-state index contributed by atoms with van der Waals surface area (Å²) in [5, 5.41) is 2.97. The number of nitrogens with zero attached hydrogens (tertiary/aromatic N) is 3. The number of rotatable bonds is 6. The molecule has 27 heavy (non-hydrogen) atoms. The minimum Gasteiger partial charge on any atom is -0.383 e. The highest BCUT2D eigenvalue weighted by Crippen LogP contribution is 2.24. The molecule has 0 saturated carbocycles. The Hall–Kier alpha value is -1.99. The average molecular weight is 374 g/mol. The summed E-state index contributed by atoms with van der Waals surface area (Å²) in [6.45, 7) is 4.48. The maximum absolute atomic E-state index is 12.5. The van der Waals surface area contributed by atoms with E-state index in [2.05, 4.69) is 15.2 Å². The van der Waals surface area contributed by atoms with Gasteiger partial charge in [0.2, 0.25) is 5.91 Å². The Labute approximate surface area is 161 Å². The van der Waals surface area contributed by atoms with Crippen LogP contribution in [0.2, 0.25) is 0 Å². The summed E-state index contributed by atoms with van der Waals surface area (Å²) in [4.78, 5) is 33.4. The number of carbonyl (C=O) groups excluding carboxylic acids is 2. The normalized spacial score (nSPS) is 21.8. The summed E-state index contributed by atoms with van der Waals surface area (Å²) in [6, 6.07) is 5.89. The van der Waals surface area contributed by atoms with Crippen LogP contribution in [0.25, 0.3) is 0 Å². The lowest BCUT2D eigenvalue weighted by molar-refractivity contribution is -0.127. The van der Waals surface area contributed by atoms with Crippen LogP contribution in [0.5, 0.6) is 0 Å². The number of ether oxygens (including phenoxy) is 1. The van der Waals surface area contributed by atoms with Gasteiger partial charge in [-0.05, 0) is 44.4 Å². The molecule has 2 fully saturated rings. The number of hydrogen-bond acceptors (Lipinski definition) is 5. The molecule has 0 radical (unpaired) electrons. The van der Waals surface area contributed by atoms with Crippen LogP contribution in [0.1, 0.15) is 36.2 Å². The van der Waals surface area contributed by atoms with Gasteiger partial charge in [0.25, 0.3) is 5.91 Å². The number of likely N-dealkylation sites (tertiary alicyclic amines) is 2. The van der Waals surface area contributed by atoms with Gasteiger partial charge >= 0.3 is 0 Å². The summed E-state index contributed by atoms with van der Waals surface area (Å²) >= 11 is 0. The molecule has 1 aromatic heterocycles. The fraction of sp³-hybridized carbons (Fsp3) is 0.650. The van der Waals surface area contributed by atoms with Gasteiger partial charge in [-0.3, -0.25) is 19.5 Å². The van der Waals surface area contributed by atoms with Crippen molar-refractivity contribution in [2.75, 3.05) is 46.4 Å². The summed E-state index contributed by atoms with van der Waals surface area (Å²) in [6.07, 6.45) is 5.57. The lowest BCUT2D eigenvalue weighted by Gasteiger charge is -2.42. The maximum atomic E-state index is 12.5. The molecule has 0 bridgehead atoms. The van der Waals surface area contributed by atoms with Crippen molar-refractivity contribution in [2.45, 2.75) is 31.7 Å². The predicted octanol–water partition coefficient (Wildman–Crippen LogP) is 1.16. The third-order valence-corrected chi connectivity index (χ3v) is 5.58. The standard InChI is InChI=1S/C20H30N4O3/c1-27-14-10-22-19(25)16-5-4-11-24(15-16)17-7-12-23(13-8-17)20(26)18-6-2-3-9-21-18/h2-3,6,9,16-17H,4-5,7-8,10-15H2,1H3,(H,22,25)/t16-/m0/s1. The van der Waals surface area contributed by atoms with Crippen LogP contribution >= 0.6 is 0 Å². The molecule has 2 amide bonds. The first-order chi connectivity index (χ1) is 13.2. The van der Waals surface area contributed by atoms with Crippen molar-refractivity contribution in [3.63, 3.8) is 0 Å². The molecule has 2 aliphatic rings. The smallest absolute Gasteiger partial charge is 0.272 e. The molecule has 2 saturated heterocycles. The third-order valence-electron chi connectivity index (χ3n) is 5.58. The third kappa shape index (κ3) is 5.26. The van der Waals surface area contributed by atoms with Gasteiger partial charge in [-0.15, -0.1) is 0 Å². The molecule has 2 aliphatic heterocycles. The lowest BCUT2D eigenvalue weighted by Crippen LogP contribution is -2.51. The molecule has 148 valence electrons. The number of carbonyl (C=O) groups is 2. The molecular formula is C20H30N4O3. The van der Waals surface area contributed by atoms with Crippen molar-refractivity contribution in [3.8, 4) is 0 Å². The van der Waals surface area contributed by atoms with E-state index >= 15 is 0 Å². The van der Waals surface area contributed by atoms with Gasteiger partial charge in [-0.25, -0.2) is 0 Å². The minimum atomic E-state index is 0.0168. The Morgan fingerprint density at radius 3 is 2.74 bits per heavy atom. The molecule has 7 heteroatoms. The number of hydrogen-bond donors (Lipinski definition) is 1. The number of methoxy groups -OCH3 is 1. The zero-order valence-corrected chi connectivity index (χ0v) is 16.1. The van der Waals surface area contributed by atoms with E-state index in [4.69, 9.17) is 4.74 Å². The Morgan fingerprint density at radius 1 is 1.22 bits per heavy atom. The fourth-order valence-corrected chi connectivity index (χ4v) is 4.06. The van der Waals surface area contributed by atoms with Crippen molar-refractivity contribution >= 4 is 11.8 Å². The van der Waals surface area contributed by atoms with Crippen LogP contribution in [0.4, 0.5) is 0 Å². The summed E-state index contributed by atoms with van der Waals surface area (Å²) in [5.74, 6) is 0.214. The van der Waals surface area contributed by atoms with E-state index in [1.807, 2.05) is 17.0 Å². The number of piperidine rings is 2. The first kappa shape index (κ1) is 19.8. The second-order valence-corrected chi connectivity index (χ2v) is 7.36. The molecule has 3 heterocycles. The van der Waals surface area contributed by atoms with Gasteiger partial charge in [0.1, 0.15) is 5.69 Å². The van der Waals surface area contributed by atoms with Gasteiger partial charge in [0, 0.05) is 45.5 Å². The van der Waals surface area contributed by atoms with Crippen LogP contribution < -0.4 is 5.32 Å². The van der Waals surface area contributed by atoms with E-state index in [1.54, 1.807) is 19.4 Å². The maximum Gasteiger partial charge on any atom is 0.272 e. The molecule has 1 N–H and O–H groups in total. The summed E-state index contributed by atoms with van der Waals surface area (Å²) < 4.78 is 5.00. The van der Waals surface area contributed by atoms with Crippen LogP contribution in [0.3, 0.4) is 0 Å². The highest BCUT2D eigenvalue weighted by Gasteiger charge is 2.32. The molecule has 3 rings (SSSR count). The van der Waals surface area contributed by atoms with Crippen LogP contribution in [-0.2, 0) is 9.53 Å². The highest BCUT2D eigenvalue weighted by atomic mass is 16.5. The van der Waals surface area contributed by atoms with E-state index in [0.29, 0.717) is 24.9 Å². The zero-order valence-electron chi connectivity index (χ0n) is 16.1. The average Bonchev–Trinajstić information content (AvgIpc) is 2.74. The van der Waals surface area contributed by atoms with Crippen LogP contribution in [0, 0.1) is 5.92 Å². The van der Waals surface area contributed by atoms with Crippen LogP contribution in [0.15, 0.2) is 24.4 Å². The molecule has 0 aromatic carbocycles. The van der Waals surface area contributed by atoms with Crippen molar-refractivity contribution in [2.24, 2.45) is 5.92 Å². The summed E-state index contributed by atoms with van der Waals surface area (Å²) in [7, 11) is 1.64. The second-order valence-electron chi connectivity index (χ2n) is 7.36. The molecule has 0 spiro atoms. The number of pyridine rings is 1. The second kappa shape index (κ2) is 9.80. The van der Waals surface area contributed by atoms with E-state index in [1.165, 1.54) is 0 Å². The Balaban J connectivity index is 1.47. The van der Waals surface area contributed by atoms with E-state index in [0.717, 1.165) is 51.9 Å². The van der Waals surface area contributed by atoms with Gasteiger partial charge in [-0.1, -0.05) is 6.07 Å². The Kier molecular flexibility index (Phi) is 7.18. The molecule has 0 unspecified atom stereocenters. The topological polar surface area (TPSA) is 74.8 Å². The van der Waals surface area contributed by atoms with Crippen molar-refractivity contribution < 1.29 is 14.3 Å². The van der Waals surface area contributed by atoms with Crippen molar-refractivity contribution in [1.29, 1.82) is 0 Å². The zero-order chi connectivity index (χ0) is 19.1. The number of amides is 2. The minimum absolute atomic E-state index is 0.0168. The fourth-order valence-electron chi connectivity index (χ4n) is 4.06. The Morgan fingerprint density at radius 2 is 2.04 bits per heavy atom. The Bertz CT molecular complexity index is 617. The lowest BCUT2D eigenvalue weighted by atomic mass is 9.93. The summed E-state index contributed by atoms with van der Waals surface area (Å²) in [5.41, 5.74) is 0.515. The van der Waals surface area contributed by atoms with Gasteiger partial charge in [-0.2, -0.15) is 0 Å². The van der Waals surface area contributed by atoms with Gasteiger partial charge < -0.3 is 15.0 Å². The van der Waals surface area contributed by atoms with E-state index in [9.17, 15) is 9.59 Å². The molecule has 0 aliphatic carbocycles.